The average Bonchev–Trinajstić information content (AvgIpc) is 3.56. The van der Waals surface area contributed by atoms with Gasteiger partial charge in [0, 0.05) is 41.5 Å². The number of para-hydroxylation sites is 1. The first kappa shape index (κ1) is 22.9. The molecule has 2 aromatic rings. The SMILES string of the molecule is CC1(C)OC(O)N(CCC2(NCC(O)c3cc(O)cc4c3OCC(=O)N4)CC2)c2ccccc21. The number of ether oxygens (including phenoxy) is 2. The minimum Gasteiger partial charge on any atom is -0.508 e. The van der Waals surface area contributed by atoms with Gasteiger partial charge in [-0.3, -0.25) is 4.79 Å². The minimum absolute atomic E-state index is 0.0552. The van der Waals surface area contributed by atoms with E-state index in [9.17, 15) is 20.1 Å². The van der Waals surface area contributed by atoms with Gasteiger partial charge in [0.05, 0.1) is 17.4 Å². The van der Waals surface area contributed by atoms with Crippen molar-refractivity contribution in [3.8, 4) is 11.5 Å². The van der Waals surface area contributed by atoms with Crippen molar-refractivity contribution < 1.29 is 29.6 Å². The number of aromatic hydroxyl groups is 1. The van der Waals surface area contributed by atoms with Crippen LogP contribution in [0.15, 0.2) is 36.4 Å². The Morgan fingerprint density at radius 2 is 2.03 bits per heavy atom. The first-order chi connectivity index (χ1) is 16.2. The summed E-state index contributed by atoms with van der Waals surface area (Å²) in [6, 6.07) is 10.8. The zero-order chi connectivity index (χ0) is 24.1. The third-order valence-electron chi connectivity index (χ3n) is 6.97. The standard InChI is InChI=1S/C25H31N3O6/c1-24(2)17-5-3-4-6-19(17)28(23(32)34-24)10-9-25(7-8-25)26-13-20(30)16-11-15(29)12-18-22(16)33-14-21(31)27-18/h3-6,11-12,20,23,26,29-30,32H,7-10,13-14H2,1-2H3,(H,27,31). The fourth-order valence-electron chi connectivity index (χ4n) is 4.86. The van der Waals surface area contributed by atoms with Crippen LogP contribution in [0.5, 0.6) is 11.5 Å². The maximum absolute atomic E-state index is 11.6. The summed E-state index contributed by atoms with van der Waals surface area (Å²) in [6.45, 7) is 4.62. The Kier molecular flexibility index (Phi) is 5.68. The second-order valence-electron chi connectivity index (χ2n) is 9.84. The molecule has 2 unspecified atom stereocenters. The van der Waals surface area contributed by atoms with Crippen molar-refractivity contribution >= 4 is 17.3 Å². The lowest BCUT2D eigenvalue weighted by Gasteiger charge is -2.43. The quantitative estimate of drug-likeness (QED) is 0.419. The highest BCUT2D eigenvalue weighted by molar-refractivity contribution is 5.96. The number of hydrogen-bond donors (Lipinski definition) is 5. The molecule has 9 heteroatoms. The molecular weight excluding hydrogens is 438 g/mol. The number of carbonyl (C=O) groups is 1. The summed E-state index contributed by atoms with van der Waals surface area (Å²) in [5.41, 5.74) is 2.06. The van der Waals surface area contributed by atoms with Crippen LogP contribution in [0.2, 0.25) is 0 Å². The maximum atomic E-state index is 11.6. The smallest absolute Gasteiger partial charge is 0.262 e. The van der Waals surface area contributed by atoms with E-state index in [1.54, 1.807) is 0 Å². The van der Waals surface area contributed by atoms with E-state index in [0.717, 1.165) is 30.5 Å². The van der Waals surface area contributed by atoms with Gasteiger partial charge in [-0.05, 0) is 45.2 Å². The number of carbonyl (C=O) groups excluding carboxylic acids is 1. The number of β-amino-alcohol motifs (C(OH)–C–C–N with tert-alkyl or cyclic N) is 1. The van der Waals surface area contributed by atoms with Gasteiger partial charge in [-0.15, -0.1) is 0 Å². The van der Waals surface area contributed by atoms with Crippen molar-refractivity contribution in [2.45, 2.75) is 56.8 Å². The van der Waals surface area contributed by atoms with Gasteiger partial charge in [-0.2, -0.15) is 0 Å². The van der Waals surface area contributed by atoms with Crippen LogP contribution in [0.3, 0.4) is 0 Å². The summed E-state index contributed by atoms with van der Waals surface area (Å²) in [4.78, 5) is 13.5. The lowest BCUT2D eigenvalue weighted by atomic mass is 9.94. The van der Waals surface area contributed by atoms with Gasteiger partial charge in [0.1, 0.15) is 11.5 Å². The molecule has 0 spiro atoms. The highest BCUT2D eigenvalue weighted by atomic mass is 16.6. The molecule has 0 bridgehead atoms. The molecule has 5 N–H and O–H groups in total. The Hall–Kier alpha value is -2.85. The molecule has 182 valence electrons. The monoisotopic (exact) mass is 469 g/mol. The number of phenols is 1. The molecular formula is C25H31N3O6. The fourth-order valence-corrected chi connectivity index (χ4v) is 4.86. The van der Waals surface area contributed by atoms with Crippen LogP contribution in [-0.4, -0.2) is 52.9 Å². The zero-order valence-electron chi connectivity index (χ0n) is 19.4. The molecule has 1 aliphatic carbocycles. The van der Waals surface area contributed by atoms with Crippen LogP contribution < -0.4 is 20.3 Å². The predicted octanol–water partition coefficient (Wildman–Crippen LogP) is 2.32. The molecule has 1 fully saturated rings. The van der Waals surface area contributed by atoms with Crippen molar-refractivity contribution in [3.63, 3.8) is 0 Å². The number of amides is 1. The molecule has 9 nitrogen and oxygen atoms in total. The van der Waals surface area contributed by atoms with Crippen molar-refractivity contribution in [3.05, 3.63) is 47.5 Å². The highest BCUT2D eigenvalue weighted by Crippen LogP contribution is 2.44. The second kappa shape index (κ2) is 8.42. The Morgan fingerprint density at radius 3 is 2.79 bits per heavy atom. The first-order valence-corrected chi connectivity index (χ1v) is 11.6. The van der Waals surface area contributed by atoms with Crippen molar-refractivity contribution in [2.24, 2.45) is 0 Å². The highest BCUT2D eigenvalue weighted by Gasteiger charge is 2.44. The predicted molar refractivity (Wildman–Crippen MR) is 126 cm³/mol. The normalized spacial score (nSPS) is 22.8. The van der Waals surface area contributed by atoms with Crippen molar-refractivity contribution in [2.75, 3.05) is 29.9 Å². The van der Waals surface area contributed by atoms with E-state index in [1.807, 2.05) is 43.0 Å². The zero-order valence-corrected chi connectivity index (χ0v) is 19.4. The van der Waals surface area contributed by atoms with Gasteiger partial charge in [0.25, 0.3) is 5.91 Å². The molecule has 34 heavy (non-hydrogen) atoms. The maximum Gasteiger partial charge on any atom is 0.262 e. The second-order valence-corrected chi connectivity index (χ2v) is 9.84. The summed E-state index contributed by atoms with van der Waals surface area (Å²) in [7, 11) is 0. The number of aliphatic hydroxyl groups is 2. The van der Waals surface area contributed by atoms with Gasteiger partial charge in [-0.1, -0.05) is 18.2 Å². The van der Waals surface area contributed by atoms with Gasteiger partial charge >= 0.3 is 0 Å². The van der Waals surface area contributed by atoms with Crippen molar-refractivity contribution in [1.29, 1.82) is 0 Å². The number of fused-ring (bicyclic) bond motifs is 2. The van der Waals surface area contributed by atoms with E-state index in [-0.39, 0.29) is 30.3 Å². The van der Waals surface area contributed by atoms with Gasteiger partial charge in [-0.25, -0.2) is 0 Å². The van der Waals surface area contributed by atoms with Crippen LogP contribution in [0.25, 0.3) is 0 Å². The Balaban J connectivity index is 1.25. The number of aliphatic hydroxyl groups excluding tert-OH is 2. The van der Waals surface area contributed by atoms with Gasteiger partial charge < -0.3 is 40.3 Å². The summed E-state index contributed by atoms with van der Waals surface area (Å²) in [5, 5.41) is 37.7. The average molecular weight is 470 g/mol. The van der Waals surface area contributed by atoms with E-state index in [1.165, 1.54) is 12.1 Å². The molecule has 2 atom stereocenters. The Morgan fingerprint density at radius 1 is 1.26 bits per heavy atom. The summed E-state index contributed by atoms with van der Waals surface area (Å²) >= 11 is 0. The number of nitrogens with zero attached hydrogens (tertiary/aromatic N) is 1. The number of benzene rings is 2. The van der Waals surface area contributed by atoms with Gasteiger partial charge in [0.2, 0.25) is 6.41 Å². The van der Waals surface area contributed by atoms with E-state index in [2.05, 4.69) is 10.6 Å². The van der Waals surface area contributed by atoms with Crippen LogP contribution in [0, 0.1) is 0 Å². The van der Waals surface area contributed by atoms with Gasteiger partial charge in [0.15, 0.2) is 6.61 Å². The topological polar surface area (TPSA) is 124 Å². The summed E-state index contributed by atoms with van der Waals surface area (Å²) < 4.78 is 11.4. The molecule has 5 rings (SSSR count). The number of hydrogen-bond acceptors (Lipinski definition) is 8. The van der Waals surface area contributed by atoms with Crippen LogP contribution in [0.4, 0.5) is 11.4 Å². The number of phenolic OH excluding ortho intramolecular Hbond substituents is 1. The van der Waals surface area contributed by atoms with Crippen LogP contribution >= 0.6 is 0 Å². The Bertz CT molecular complexity index is 1100. The Labute approximate surface area is 198 Å². The summed E-state index contributed by atoms with van der Waals surface area (Å²) in [6.07, 6.45) is 0.723. The third-order valence-corrected chi connectivity index (χ3v) is 6.97. The van der Waals surface area contributed by atoms with Crippen LogP contribution in [-0.2, 0) is 15.1 Å². The minimum atomic E-state index is -1.03. The largest absolute Gasteiger partial charge is 0.508 e. The van der Waals surface area contributed by atoms with E-state index in [0.29, 0.717) is 23.5 Å². The van der Waals surface area contributed by atoms with E-state index < -0.39 is 18.1 Å². The molecule has 2 aromatic carbocycles. The number of anilines is 2. The molecule has 0 radical (unpaired) electrons. The van der Waals surface area contributed by atoms with E-state index >= 15 is 0 Å². The van der Waals surface area contributed by atoms with Crippen LogP contribution in [0.1, 0.15) is 50.3 Å². The molecule has 2 heterocycles. The van der Waals surface area contributed by atoms with Crippen molar-refractivity contribution in [1.82, 2.24) is 5.32 Å². The molecule has 0 saturated heterocycles. The molecule has 2 aliphatic heterocycles. The molecule has 3 aliphatic rings. The fraction of sp³-hybridized carbons (Fsp3) is 0.480. The summed E-state index contributed by atoms with van der Waals surface area (Å²) in [5.74, 6) is 0.0206. The number of nitrogens with one attached hydrogen (secondary N) is 2. The third kappa shape index (κ3) is 4.32. The van der Waals surface area contributed by atoms with E-state index in [4.69, 9.17) is 9.47 Å². The lowest BCUT2D eigenvalue weighted by molar-refractivity contribution is -0.184. The molecule has 0 aromatic heterocycles. The molecule has 1 amide bonds. The number of rotatable bonds is 7. The molecule has 1 saturated carbocycles. The first-order valence-electron chi connectivity index (χ1n) is 11.6. The lowest BCUT2D eigenvalue weighted by Crippen LogP contribution is -2.49.